The number of carbonyl (C=O) groups is 1. The second kappa shape index (κ2) is 10.0. The SMILES string of the molecule is C/C(=N/NC(=O)CN(c1ccccc1F)S(=O)(=O)c1ccccc1)c1cccc([N+](=O)[O-])c1. The van der Waals surface area contributed by atoms with Crippen molar-refractivity contribution in [3.05, 3.63) is 100 Å². The van der Waals surface area contributed by atoms with Crippen molar-refractivity contribution in [1.29, 1.82) is 0 Å². The highest BCUT2D eigenvalue weighted by Gasteiger charge is 2.29. The monoisotopic (exact) mass is 470 g/mol. The normalized spacial score (nSPS) is 11.6. The van der Waals surface area contributed by atoms with Crippen LogP contribution in [0.15, 0.2) is 88.9 Å². The number of rotatable bonds is 8. The summed E-state index contributed by atoms with van der Waals surface area (Å²) < 4.78 is 41.4. The Balaban J connectivity index is 1.87. The van der Waals surface area contributed by atoms with Crippen LogP contribution in [0.3, 0.4) is 0 Å². The maximum Gasteiger partial charge on any atom is 0.270 e. The Labute approximate surface area is 189 Å². The van der Waals surface area contributed by atoms with E-state index >= 15 is 0 Å². The molecule has 3 rings (SSSR count). The fraction of sp³-hybridized carbons (Fsp3) is 0.0909. The smallest absolute Gasteiger partial charge is 0.270 e. The molecule has 11 heteroatoms. The molecule has 0 unspecified atom stereocenters. The molecular formula is C22H19FN4O5S. The highest BCUT2D eigenvalue weighted by atomic mass is 32.2. The van der Waals surface area contributed by atoms with Gasteiger partial charge in [0.1, 0.15) is 12.4 Å². The number of nitrogens with one attached hydrogen (secondary N) is 1. The third kappa shape index (κ3) is 5.57. The number of hydrogen-bond donors (Lipinski definition) is 1. The van der Waals surface area contributed by atoms with Crippen molar-refractivity contribution in [3.63, 3.8) is 0 Å². The first-order valence-electron chi connectivity index (χ1n) is 9.60. The molecule has 0 radical (unpaired) electrons. The molecule has 33 heavy (non-hydrogen) atoms. The van der Waals surface area contributed by atoms with Gasteiger partial charge in [-0.3, -0.25) is 19.2 Å². The summed E-state index contributed by atoms with van der Waals surface area (Å²) in [7, 11) is -4.27. The van der Waals surface area contributed by atoms with Gasteiger partial charge < -0.3 is 0 Å². The summed E-state index contributed by atoms with van der Waals surface area (Å²) in [4.78, 5) is 22.8. The van der Waals surface area contributed by atoms with Gasteiger partial charge in [0.2, 0.25) is 0 Å². The number of amides is 1. The quantitative estimate of drug-likeness (QED) is 0.307. The molecule has 0 atom stereocenters. The van der Waals surface area contributed by atoms with E-state index in [1.54, 1.807) is 12.1 Å². The van der Waals surface area contributed by atoms with Crippen LogP contribution in [0.1, 0.15) is 12.5 Å². The van der Waals surface area contributed by atoms with Gasteiger partial charge in [-0.15, -0.1) is 0 Å². The maximum atomic E-state index is 14.5. The molecule has 9 nitrogen and oxygen atoms in total. The lowest BCUT2D eigenvalue weighted by Crippen LogP contribution is -2.40. The number of nitrogens with zero attached hydrogens (tertiary/aromatic N) is 3. The van der Waals surface area contributed by atoms with Gasteiger partial charge in [-0.1, -0.05) is 42.5 Å². The van der Waals surface area contributed by atoms with Crippen molar-refractivity contribution in [1.82, 2.24) is 5.43 Å². The summed E-state index contributed by atoms with van der Waals surface area (Å²) >= 11 is 0. The van der Waals surface area contributed by atoms with E-state index in [0.29, 0.717) is 9.87 Å². The van der Waals surface area contributed by atoms with Crippen molar-refractivity contribution >= 4 is 33.0 Å². The summed E-state index contributed by atoms with van der Waals surface area (Å²) in [5.74, 6) is -1.65. The van der Waals surface area contributed by atoms with Crippen LogP contribution in [0, 0.1) is 15.9 Å². The van der Waals surface area contributed by atoms with Crippen LogP contribution < -0.4 is 9.73 Å². The second-order valence-corrected chi connectivity index (χ2v) is 8.68. The fourth-order valence-corrected chi connectivity index (χ4v) is 4.34. The number of nitro groups is 1. The third-order valence-corrected chi connectivity index (χ3v) is 6.34. The van der Waals surface area contributed by atoms with Gasteiger partial charge in [-0.05, 0) is 31.2 Å². The lowest BCUT2D eigenvalue weighted by molar-refractivity contribution is -0.384. The number of non-ortho nitro benzene ring substituents is 1. The number of nitro benzene ring substituents is 1. The molecular weight excluding hydrogens is 451 g/mol. The Morgan fingerprint density at radius 2 is 1.73 bits per heavy atom. The second-order valence-electron chi connectivity index (χ2n) is 6.82. The lowest BCUT2D eigenvalue weighted by Gasteiger charge is -2.24. The molecule has 1 amide bonds. The van der Waals surface area contributed by atoms with E-state index in [1.807, 2.05) is 0 Å². The molecule has 170 valence electrons. The van der Waals surface area contributed by atoms with Crippen LogP contribution >= 0.6 is 0 Å². The summed E-state index contributed by atoms with van der Waals surface area (Å²) in [5.41, 5.74) is 2.44. The molecule has 1 N–H and O–H groups in total. The Bertz CT molecular complexity index is 1310. The van der Waals surface area contributed by atoms with Crippen molar-refractivity contribution in [2.75, 3.05) is 10.8 Å². The number of hydrazone groups is 1. The zero-order chi connectivity index (χ0) is 24.0. The van der Waals surface area contributed by atoms with Crippen LogP contribution in [-0.2, 0) is 14.8 Å². The molecule has 0 heterocycles. The molecule has 0 saturated carbocycles. The zero-order valence-corrected chi connectivity index (χ0v) is 18.2. The number of halogens is 1. The van der Waals surface area contributed by atoms with Gasteiger partial charge in [0.25, 0.3) is 21.6 Å². The number of sulfonamides is 1. The summed E-state index contributed by atoms with van der Waals surface area (Å²) in [5, 5.41) is 14.8. The molecule has 0 saturated heterocycles. The standard InChI is InChI=1S/C22H19FN4O5S/c1-16(17-8-7-9-18(14-17)27(29)30)24-25-22(28)15-26(21-13-6-5-12-20(21)23)33(31,32)19-10-3-2-4-11-19/h2-14H,15H2,1H3,(H,25,28)/b24-16-. The minimum Gasteiger partial charge on any atom is -0.271 e. The summed E-state index contributed by atoms with van der Waals surface area (Å²) in [6.07, 6.45) is 0. The van der Waals surface area contributed by atoms with Gasteiger partial charge >= 0.3 is 0 Å². The van der Waals surface area contributed by atoms with Gasteiger partial charge in [-0.2, -0.15) is 5.10 Å². The topological polar surface area (TPSA) is 122 Å². The van der Waals surface area contributed by atoms with Crippen molar-refractivity contribution in [2.45, 2.75) is 11.8 Å². The molecule has 0 fully saturated rings. The Morgan fingerprint density at radius 3 is 2.39 bits per heavy atom. The molecule has 0 bridgehead atoms. The summed E-state index contributed by atoms with van der Waals surface area (Å²) in [6, 6.07) is 18.2. The first-order chi connectivity index (χ1) is 15.7. The number of hydrogen-bond acceptors (Lipinski definition) is 6. The minimum atomic E-state index is -4.27. The largest absolute Gasteiger partial charge is 0.271 e. The van der Waals surface area contributed by atoms with E-state index in [-0.39, 0.29) is 22.0 Å². The van der Waals surface area contributed by atoms with Crippen LogP contribution in [0.4, 0.5) is 15.8 Å². The number of carbonyl (C=O) groups excluding carboxylic acids is 1. The highest BCUT2D eigenvalue weighted by Crippen LogP contribution is 2.26. The van der Waals surface area contributed by atoms with E-state index in [0.717, 1.165) is 6.07 Å². The molecule has 0 aliphatic carbocycles. The Hall–Kier alpha value is -4.12. The van der Waals surface area contributed by atoms with E-state index in [9.17, 15) is 27.7 Å². The van der Waals surface area contributed by atoms with Crippen molar-refractivity contribution < 1.29 is 22.5 Å². The lowest BCUT2D eigenvalue weighted by atomic mass is 10.1. The molecule has 0 aliphatic heterocycles. The third-order valence-electron chi connectivity index (χ3n) is 4.56. The minimum absolute atomic E-state index is 0.114. The average Bonchev–Trinajstić information content (AvgIpc) is 2.82. The maximum absolute atomic E-state index is 14.5. The molecule has 3 aromatic carbocycles. The van der Waals surface area contributed by atoms with Crippen LogP contribution in [-0.4, -0.2) is 31.5 Å². The predicted molar refractivity (Wildman–Crippen MR) is 121 cm³/mol. The van der Waals surface area contributed by atoms with Crippen LogP contribution in [0.25, 0.3) is 0 Å². The Morgan fingerprint density at radius 1 is 1.06 bits per heavy atom. The molecule has 0 aliphatic rings. The van der Waals surface area contributed by atoms with E-state index in [4.69, 9.17) is 0 Å². The first kappa shape index (κ1) is 23.5. The van der Waals surface area contributed by atoms with Gasteiger partial charge in [-0.25, -0.2) is 18.2 Å². The zero-order valence-electron chi connectivity index (χ0n) is 17.4. The summed E-state index contributed by atoms with van der Waals surface area (Å²) in [6.45, 7) is 0.776. The van der Waals surface area contributed by atoms with Crippen molar-refractivity contribution in [3.8, 4) is 0 Å². The fourth-order valence-electron chi connectivity index (χ4n) is 2.89. The molecule has 0 aromatic heterocycles. The van der Waals surface area contributed by atoms with E-state index < -0.39 is 33.2 Å². The van der Waals surface area contributed by atoms with Gasteiger partial charge in [0.05, 0.1) is 21.2 Å². The molecule has 0 spiro atoms. The Kier molecular flexibility index (Phi) is 7.13. The number of anilines is 1. The van der Waals surface area contributed by atoms with E-state index in [1.165, 1.54) is 67.6 Å². The van der Waals surface area contributed by atoms with Gasteiger partial charge in [0.15, 0.2) is 0 Å². The number of benzene rings is 3. The molecule has 3 aromatic rings. The van der Waals surface area contributed by atoms with Crippen molar-refractivity contribution in [2.24, 2.45) is 5.10 Å². The van der Waals surface area contributed by atoms with E-state index in [2.05, 4.69) is 10.5 Å². The average molecular weight is 470 g/mol. The van der Waals surface area contributed by atoms with Crippen LogP contribution in [0.5, 0.6) is 0 Å². The predicted octanol–water partition coefficient (Wildman–Crippen LogP) is 3.47. The van der Waals surface area contributed by atoms with Gasteiger partial charge in [0, 0.05) is 17.7 Å². The van der Waals surface area contributed by atoms with Crippen LogP contribution in [0.2, 0.25) is 0 Å². The number of para-hydroxylation sites is 1. The highest BCUT2D eigenvalue weighted by molar-refractivity contribution is 7.92. The first-order valence-corrected chi connectivity index (χ1v) is 11.0.